The lowest BCUT2D eigenvalue weighted by atomic mass is 10.2. The van der Waals surface area contributed by atoms with Crippen molar-refractivity contribution in [2.45, 2.75) is 5.16 Å². The van der Waals surface area contributed by atoms with Crippen LogP contribution in [0.3, 0.4) is 0 Å². The molecule has 0 atom stereocenters. The van der Waals surface area contributed by atoms with Gasteiger partial charge in [0.15, 0.2) is 10.3 Å². The van der Waals surface area contributed by atoms with Crippen LogP contribution in [0.5, 0.6) is 0 Å². The van der Waals surface area contributed by atoms with Gasteiger partial charge >= 0.3 is 0 Å². The molecule has 1 N–H and O–H groups in total. The Balaban J connectivity index is 1.64. The summed E-state index contributed by atoms with van der Waals surface area (Å²) in [4.78, 5) is 20.3. The average molecular weight is 330 g/mol. The number of thioether (sulfide) groups is 1. The molecule has 0 saturated heterocycles. The highest BCUT2D eigenvalue weighted by atomic mass is 32.2. The number of rotatable bonds is 5. The number of amides is 1. The van der Waals surface area contributed by atoms with E-state index in [4.69, 9.17) is 0 Å². The fraction of sp³-hybridized carbons (Fsp3) is 0.133. The molecule has 1 amide bonds. The summed E-state index contributed by atoms with van der Waals surface area (Å²) < 4.78 is 2.00. The van der Waals surface area contributed by atoms with E-state index in [2.05, 4.69) is 15.3 Å². The molecule has 0 aliphatic rings. The number of thiazole rings is 1. The van der Waals surface area contributed by atoms with Gasteiger partial charge in [0, 0.05) is 18.6 Å². The molecule has 22 heavy (non-hydrogen) atoms. The Hall–Kier alpha value is -2.12. The molecule has 0 fully saturated rings. The minimum Gasteiger partial charge on any atom is -0.322 e. The van der Waals surface area contributed by atoms with Gasteiger partial charge in [-0.2, -0.15) is 0 Å². The van der Waals surface area contributed by atoms with Crippen molar-refractivity contribution in [1.82, 2.24) is 14.5 Å². The number of nitrogens with zero attached hydrogens (tertiary/aromatic N) is 3. The molecule has 2 heterocycles. The number of carbonyl (C=O) groups is 1. The second-order valence-electron chi connectivity index (χ2n) is 4.53. The van der Waals surface area contributed by atoms with Crippen LogP contribution >= 0.6 is 23.1 Å². The fourth-order valence-electron chi connectivity index (χ4n) is 1.97. The number of anilines is 1. The highest BCUT2D eigenvalue weighted by Gasteiger charge is 2.11. The van der Waals surface area contributed by atoms with Gasteiger partial charge in [-0.3, -0.25) is 4.79 Å². The molecule has 0 spiro atoms. The summed E-state index contributed by atoms with van der Waals surface area (Å²) in [5.41, 5.74) is 2.14. The summed E-state index contributed by atoms with van der Waals surface area (Å²) in [6, 6.07) is 10.1. The van der Waals surface area contributed by atoms with E-state index in [1.165, 1.54) is 23.1 Å². The van der Waals surface area contributed by atoms with Crippen LogP contribution in [-0.2, 0) is 11.8 Å². The molecule has 0 unspecified atom stereocenters. The number of benzene rings is 1. The SMILES string of the molecule is Cn1c(-c2ccccc2)cnc1SCC(=O)Nc1nccs1. The van der Waals surface area contributed by atoms with Crippen molar-refractivity contribution in [2.24, 2.45) is 7.05 Å². The normalized spacial score (nSPS) is 10.6. The number of aromatic nitrogens is 3. The van der Waals surface area contributed by atoms with Crippen LogP contribution in [0.15, 0.2) is 53.3 Å². The van der Waals surface area contributed by atoms with E-state index in [1.54, 1.807) is 6.20 Å². The van der Waals surface area contributed by atoms with E-state index in [9.17, 15) is 4.79 Å². The zero-order chi connectivity index (χ0) is 15.4. The van der Waals surface area contributed by atoms with Crippen LogP contribution in [0, 0.1) is 0 Å². The lowest BCUT2D eigenvalue weighted by Gasteiger charge is -2.05. The smallest absolute Gasteiger partial charge is 0.236 e. The first-order valence-corrected chi connectivity index (χ1v) is 8.50. The van der Waals surface area contributed by atoms with Crippen molar-refractivity contribution in [3.63, 3.8) is 0 Å². The summed E-state index contributed by atoms with van der Waals surface area (Å²) in [6.45, 7) is 0. The van der Waals surface area contributed by atoms with E-state index in [-0.39, 0.29) is 5.91 Å². The third-order valence-electron chi connectivity index (χ3n) is 3.03. The summed E-state index contributed by atoms with van der Waals surface area (Å²) in [6.07, 6.45) is 3.49. The average Bonchev–Trinajstić information content (AvgIpc) is 3.16. The van der Waals surface area contributed by atoms with Crippen LogP contribution in [0.1, 0.15) is 0 Å². The zero-order valence-electron chi connectivity index (χ0n) is 11.9. The highest BCUT2D eigenvalue weighted by molar-refractivity contribution is 7.99. The predicted molar refractivity (Wildman–Crippen MR) is 90.1 cm³/mol. The van der Waals surface area contributed by atoms with Gasteiger partial charge in [-0.1, -0.05) is 42.1 Å². The topological polar surface area (TPSA) is 59.8 Å². The summed E-state index contributed by atoms with van der Waals surface area (Å²) in [7, 11) is 1.95. The monoisotopic (exact) mass is 330 g/mol. The summed E-state index contributed by atoms with van der Waals surface area (Å²) in [5.74, 6) is 0.225. The molecule has 3 rings (SSSR count). The number of hydrogen-bond acceptors (Lipinski definition) is 5. The molecule has 1 aromatic carbocycles. The fourth-order valence-corrected chi connectivity index (χ4v) is 3.27. The van der Waals surface area contributed by atoms with Crippen molar-refractivity contribution in [1.29, 1.82) is 0 Å². The third kappa shape index (κ3) is 3.37. The van der Waals surface area contributed by atoms with Crippen molar-refractivity contribution in [2.75, 3.05) is 11.1 Å². The molecule has 0 aliphatic carbocycles. The van der Waals surface area contributed by atoms with E-state index in [0.29, 0.717) is 10.9 Å². The van der Waals surface area contributed by atoms with Gasteiger partial charge in [0.1, 0.15) is 0 Å². The third-order valence-corrected chi connectivity index (χ3v) is 4.76. The van der Waals surface area contributed by atoms with Gasteiger partial charge < -0.3 is 9.88 Å². The maximum absolute atomic E-state index is 11.9. The molecule has 0 saturated carbocycles. The lowest BCUT2D eigenvalue weighted by molar-refractivity contribution is -0.113. The van der Waals surface area contributed by atoms with Crippen LogP contribution in [-0.4, -0.2) is 26.2 Å². The standard InChI is InChI=1S/C15H14N4OS2/c1-19-12(11-5-3-2-4-6-11)9-17-15(19)22-10-13(20)18-14-16-7-8-21-14/h2-9H,10H2,1H3,(H,16,18,20). The van der Waals surface area contributed by atoms with Gasteiger partial charge in [-0.25, -0.2) is 9.97 Å². The van der Waals surface area contributed by atoms with Crippen molar-refractivity contribution >= 4 is 34.1 Å². The Kier molecular flexibility index (Phi) is 4.55. The summed E-state index contributed by atoms with van der Waals surface area (Å²) >= 11 is 2.81. The lowest BCUT2D eigenvalue weighted by Crippen LogP contribution is -2.14. The Morgan fingerprint density at radius 1 is 1.32 bits per heavy atom. The van der Waals surface area contributed by atoms with Crippen molar-refractivity contribution in [3.8, 4) is 11.3 Å². The Labute approximate surface area is 136 Å². The Morgan fingerprint density at radius 2 is 2.14 bits per heavy atom. The van der Waals surface area contributed by atoms with Gasteiger partial charge in [0.25, 0.3) is 0 Å². The molecule has 7 heteroatoms. The molecular weight excluding hydrogens is 316 g/mol. The molecule has 0 bridgehead atoms. The zero-order valence-corrected chi connectivity index (χ0v) is 13.5. The number of imidazole rings is 1. The second kappa shape index (κ2) is 6.76. The predicted octanol–water partition coefficient (Wildman–Crippen LogP) is 3.27. The highest BCUT2D eigenvalue weighted by Crippen LogP contribution is 2.24. The molecule has 5 nitrogen and oxygen atoms in total. The molecule has 3 aromatic rings. The van der Waals surface area contributed by atoms with Crippen LogP contribution in [0.4, 0.5) is 5.13 Å². The minimum absolute atomic E-state index is 0.0794. The molecule has 0 aliphatic heterocycles. The number of nitrogens with one attached hydrogen (secondary N) is 1. The van der Waals surface area contributed by atoms with Crippen LogP contribution in [0.2, 0.25) is 0 Å². The Bertz CT molecular complexity index is 753. The van der Waals surface area contributed by atoms with Crippen LogP contribution < -0.4 is 5.32 Å². The van der Waals surface area contributed by atoms with E-state index in [0.717, 1.165) is 16.4 Å². The van der Waals surface area contributed by atoms with Crippen molar-refractivity contribution < 1.29 is 4.79 Å². The van der Waals surface area contributed by atoms with Gasteiger partial charge in [0.2, 0.25) is 5.91 Å². The largest absolute Gasteiger partial charge is 0.322 e. The van der Waals surface area contributed by atoms with E-state index < -0.39 is 0 Å². The molecular formula is C15H14N4OS2. The first kappa shape index (κ1) is 14.8. The number of hydrogen-bond donors (Lipinski definition) is 1. The molecule has 112 valence electrons. The maximum Gasteiger partial charge on any atom is 0.236 e. The first-order valence-electron chi connectivity index (χ1n) is 6.63. The van der Waals surface area contributed by atoms with Gasteiger partial charge in [-0.15, -0.1) is 11.3 Å². The quantitative estimate of drug-likeness (QED) is 0.729. The van der Waals surface area contributed by atoms with E-state index >= 15 is 0 Å². The molecule has 0 radical (unpaired) electrons. The second-order valence-corrected chi connectivity index (χ2v) is 6.36. The Morgan fingerprint density at radius 3 is 2.86 bits per heavy atom. The van der Waals surface area contributed by atoms with Gasteiger partial charge in [0.05, 0.1) is 17.6 Å². The number of carbonyl (C=O) groups excluding carboxylic acids is 1. The molecule has 2 aromatic heterocycles. The maximum atomic E-state index is 11.9. The van der Waals surface area contributed by atoms with Crippen LogP contribution in [0.25, 0.3) is 11.3 Å². The minimum atomic E-state index is -0.0794. The summed E-state index contributed by atoms with van der Waals surface area (Å²) in [5, 5.41) is 6.02. The first-order chi connectivity index (χ1) is 10.7. The van der Waals surface area contributed by atoms with Crippen molar-refractivity contribution in [3.05, 3.63) is 48.1 Å². The van der Waals surface area contributed by atoms with Gasteiger partial charge in [-0.05, 0) is 5.56 Å². The van der Waals surface area contributed by atoms with E-state index in [1.807, 2.05) is 53.5 Å².